The summed E-state index contributed by atoms with van der Waals surface area (Å²) in [5.74, 6) is -0.482. The quantitative estimate of drug-likeness (QED) is 0.383. The van der Waals surface area contributed by atoms with E-state index in [1.807, 2.05) is 0 Å². The zero-order chi connectivity index (χ0) is 24.9. The van der Waals surface area contributed by atoms with Crippen LogP contribution in [0.3, 0.4) is 0 Å². The van der Waals surface area contributed by atoms with Crippen molar-refractivity contribution in [1.29, 1.82) is 0 Å². The summed E-state index contributed by atoms with van der Waals surface area (Å²) >= 11 is 5.58. The number of urea groups is 1. The maximum atomic E-state index is 13.0. The average molecular weight is 490 g/mol. The van der Waals surface area contributed by atoms with Crippen molar-refractivity contribution in [3.63, 3.8) is 0 Å². The molecule has 6 nitrogen and oxygen atoms in total. The van der Waals surface area contributed by atoms with Gasteiger partial charge in [0.1, 0.15) is 0 Å². The van der Waals surface area contributed by atoms with Gasteiger partial charge in [-0.3, -0.25) is 9.59 Å². The molecular weight excluding hydrogens is 471 g/mol. The molecule has 0 aliphatic rings. The highest BCUT2D eigenvalue weighted by atomic mass is 35.5. The molecule has 0 aromatic heterocycles. The lowest BCUT2D eigenvalue weighted by atomic mass is 10.0. The minimum atomic E-state index is -4.65. The summed E-state index contributed by atoms with van der Waals surface area (Å²) < 4.78 is 38.9. The van der Waals surface area contributed by atoms with Gasteiger partial charge in [-0.25, -0.2) is 4.79 Å². The SMILES string of the molecule is CNC(=O)c1cccc(C(=O)Cc2ccc(NC(=O)Nc3ccc(Cl)c(C(F)(F)F)c3)cc2)c1. The van der Waals surface area contributed by atoms with Crippen molar-refractivity contribution in [2.24, 2.45) is 0 Å². The molecule has 0 atom stereocenters. The van der Waals surface area contributed by atoms with Gasteiger partial charge in [-0.05, 0) is 48.0 Å². The number of rotatable bonds is 6. The Kier molecular flexibility index (Phi) is 7.57. The number of benzene rings is 3. The predicted molar refractivity (Wildman–Crippen MR) is 123 cm³/mol. The van der Waals surface area contributed by atoms with Gasteiger partial charge in [-0.1, -0.05) is 35.9 Å². The smallest absolute Gasteiger partial charge is 0.355 e. The van der Waals surface area contributed by atoms with Crippen molar-refractivity contribution >= 4 is 40.7 Å². The fraction of sp³-hybridized carbons (Fsp3) is 0.125. The second-order valence-corrected chi connectivity index (χ2v) is 7.64. The van der Waals surface area contributed by atoms with Gasteiger partial charge in [0.2, 0.25) is 0 Å². The van der Waals surface area contributed by atoms with Crippen LogP contribution >= 0.6 is 11.6 Å². The third kappa shape index (κ3) is 6.35. The highest BCUT2D eigenvalue weighted by molar-refractivity contribution is 6.31. The Hall–Kier alpha value is -3.85. The Labute approximate surface area is 198 Å². The molecule has 3 aromatic carbocycles. The van der Waals surface area contributed by atoms with Crippen molar-refractivity contribution in [3.8, 4) is 0 Å². The maximum absolute atomic E-state index is 13.0. The number of amides is 3. The van der Waals surface area contributed by atoms with Crippen molar-refractivity contribution in [3.05, 3.63) is 94.0 Å². The predicted octanol–water partition coefficient (Wildman–Crippen LogP) is 5.79. The molecule has 10 heteroatoms. The van der Waals surface area contributed by atoms with Gasteiger partial charge in [0.15, 0.2) is 5.78 Å². The number of nitrogens with one attached hydrogen (secondary N) is 3. The van der Waals surface area contributed by atoms with Crippen LogP contribution in [0.2, 0.25) is 5.02 Å². The van der Waals surface area contributed by atoms with E-state index in [4.69, 9.17) is 11.6 Å². The molecule has 0 bridgehead atoms. The topological polar surface area (TPSA) is 87.3 Å². The largest absolute Gasteiger partial charge is 0.417 e. The second kappa shape index (κ2) is 10.4. The average Bonchev–Trinajstić information content (AvgIpc) is 2.80. The van der Waals surface area contributed by atoms with Crippen LogP contribution in [0.4, 0.5) is 29.3 Å². The first-order valence-corrected chi connectivity index (χ1v) is 10.3. The summed E-state index contributed by atoms with van der Waals surface area (Å²) in [6.07, 6.45) is -4.57. The number of Topliss-reactive ketones (excluding diaryl/α,β-unsaturated/α-hetero) is 1. The van der Waals surface area contributed by atoms with Crippen LogP contribution in [0.25, 0.3) is 0 Å². The zero-order valence-corrected chi connectivity index (χ0v) is 18.6. The molecule has 0 saturated heterocycles. The first-order chi connectivity index (χ1) is 16.1. The van der Waals surface area contributed by atoms with E-state index in [-0.39, 0.29) is 23.8 Å². The standard InChI is InChI=1S/C24H19ClF3N3O3/c1-29-22(33)16-4-2-3-15(12-16)21(32)11-14-5-7-17(8-6-14)30-23(34)31-18-9-10-20(25)19(13-18)24(26,27)28/h2-10,12-13H,11H2,1H3,(H,29,33)(H2,30,31,34). The zero-order valence-electron chi connectivity index (χ0n) is 17.8. The Morgan fingerprint density at radius 1 is 0.853 bits per heavy atom. The van der Waals surface area contributed by atoms with Gasteiger partial charge in [0.25, 0.3) is 5.91 Å². The summed E-state index contributed by atoms with van der Waals surface area (Å²) in [6.45, 7) is 0. The van der Waals surface area contributed by atoms with Crippen LogP contribution < -0.4 is 16.0 Å². The van der Waals surface area contributed by atoms with Gasteiger partial charge in [0, 0.05) is 36.0 Å². The van der Waals surface area contributed by atoms with Crippen molar-refractivity contribution in [1.82, 2.24) is 5.32 Å². The molecule has 0 aliphatic heterocycles. The first-order valence-electron chi connectivity index (χ1n) is 9.96. The number of anilines is 2. The lowest BCUT2D eigenvalue weighted by Gasteiger charge is -2.12. The molecule has 0 saturated carbocycles. The summed E-state index contributed by atoms with van der Waals surface area (Å²) in [4.78, 5) is 36.5. The Morgan fingerprint density at radius 2 is 1.47 bits per heavy atom. The molecule has 0 fully saturated rings. The van der Waals surface area contributed by atoms with E-state index in [1.165, 1.54) is 19.2 Å². The molecule has 0 aliphatic carbocycles. The minimum absolute atomic E-state index is 0.0737. The summed E-state index contributed by atoms with van der Waals surface area (Å²) in [6, 6.07) is 15.1. The van der Waals surface area contributed by atoms with E-state index < -0.39 is 22.8 Å². The van der Waals surface area contributed by atoms with Crippen LogP contribution in [0, 0.1) is 0 Å². The molecule has 3 rings (SSSR count). The molecule has 3 aromatic rings. The first kappa shape index (κ1) is 24.8. The molecule has 0 unspecified atom stereocenters. The van der Waals surface area contributed by atoms with Crippen LogP contribution in [0.15, 0.2) is 66.7 Å². The molecule has 34 heavy (non-hydrogen) atoms. The van der Waals surface area contributed by atoms with Crippen molar-refractivity contribution in [2.75, 3.05) is 17.7 Å². The third-order valence-corrected chi connectivity index (χ3v) is 5.11. The third-order valence-electron chi connectivity index (χ3n) is 4.78. The number of carbonyl (C=O) groups is 3. The monoisotopic (exact) mass is 489 g/mol. The van der Waals surface area contributed by atoms with Gasteiger partial charge in [-0.15, -0.1) is 0 Å². The molecule has 176 valence electrons. The van der Waals surface area contributed by atoms with Crippen LogP contribution in [-0.2, 0) is 12.6 Å². The molecule has 0 spiro atoms. The van der Waals surface area contributed by atoms with Crippen LogP contribution in [-0.4, -0.2) is 24.8 Å². The van der Waals surface area contributed by atoms with Crippen LogP contribution in [0.1, 0.15) is 31.8 Å². The summed E-state index contributed by atoms with van der Waals surface area (Å²) in [5.41, 5.74) is 0.692. The maximum Gasteiger partial charge on any atom is 0.417 e. The molecule has 3 N–H and O–H groups in total. The van der Waals surface area contributed by atoms with Gasteiger partial charge < -0.3 is 16.0 Å². The molecule has 0 heterocycles. The van der Waals surface area contributed by atoms with Gasteiger partial charge in [-0.2, -0.15) is 13.2 Å². The minimum Gasteiger partial charge on any atom is -0.355 e. The summed E-state index contributed by atoms with van der Waals surface area (Å²) in [7, 11) is 1.50. The van der Waals surface area contributed by atoms with E-state index >= 15 is 0 Å². The van der Waals surface area contributed by atoms with E-state index in [9.17, 15) is 27.6 Å². The van der Waals surface area contributed by atoms with Crippen molar-refractivity contribution < 1.29 is 27.6 Å². The van der Waals surface area contributed by atoms with Gasteiger partial charge >= 0.3 is 12.2 Å². The fourth-order valence-electron chi connectivity index (χ4n) is 3.09. The number of carbonyl (C=O) groups excluding carboxylic acids is 3. The lowest BCUT2D eigenvalue weighted by molar-refractivity contribution is -0.137. The van der Waals surface area contributed by atoms with Crippen LogP contribution in [0.5, 0.6) is 0 Å². The highest BCUT2D eigenvalue weighted by Gasteiger charge is 2.33. The Morgan fingerprint density at radius 3 is 2.12 bits per heavy atom. The van der Waals surface area contributed by atoms with E-state index in [0.717, 1.165) is 12.1 Å². The number of ketones is 1. The normalized spacial score (nSPS) is 11.0. The number of halogens is 4. The molecular formula is C24H19ClF3N3O3. The molecule has 0 radical (unpaired) electrons. The summed E-state index contributed by atoms with van der Waals surface area (Å²) in [5, 5.41) is 6.86. The number of hydrogen-bond acceptors (Lipinski definition) is 3. The van der Waals surface area contributed by atoms with Crippen molar-refractivity contribution in [2.45, 2.75) is 12.6 Å². The number of hydrogen-bond donors (Lipinski definition) is 3. The molecule has 3 amide bonds. The second-order valence-electron chi connectivity index (χ2n) is 7.23. The number of alkyl halides is 3. The van der Waals surface area contributed by atoms with E-state index in [1.54, 1.807) is 42.5 Å². The van der Waals surface area contributed by atoms with E-state index in [2.05, 4.69) is 16.0 Å². The lowest BCUT2D eigenvalue weighted by Crippen LogP contribution is -2.20. The Bertz CT molecular complexity index is 1230. The van der Waals surface area contributed by atoms with E-state index in [0.29, 0.717) is 22.4 Å². The Balaban J connectivity index is 1.61. The van der Waals surface area contributed by atoms with Gasteiger partial charge in [0.05, 0.1) is 10.6 Å². The fourth-order valence-corrected chi connectivity index (χ4v) is 3.31. The highest BCUT2D eigenvalue weighted by Crippen LogP contribution is 2.36.